The third-order valence-corrected chi connectivity index (χ3v) is 4.53. The van der Waals surface area contributed by atoms with Crippen molar-refractivity contribution in [2.75, 3.05) is 19.6 Å². The van der Waals surface area contributed by atoms with Crippen LogP contribution in [-0.2, 0) is 11.3 Å². The molecule has 0 bridgehead atoms. The molecule has 6 nitrogen and oxygen atoms in total. The van der Waals surface area contributed by atoms with E-state index in [1.54, 1.807) is 0 Å². The number of rotatable bonds is 6. The van der Waals surface area contributed by atoms with Gasteiger partial charge in [0.1, 0.15) is 0 Å². The van der Waals surface area contributed by atoms with Crippen LogP contribution < -0.4 is 5.32 Å². The van der Waals surface area contributed by atoms with Crippen LogP contribution in [0.4, 0.5) is 0 Å². The fourth-order valence-electron chi connectivity index (χ4n) is 3.08. The molecule has 1 aromatic heterocycles. The second-order valence-electron chi connectivity index (χ2n) is 6.50. The second-order valence-corrected chi connectivity index (χ2v) is 6.50. The van der Waals surface area contributed by atoms with Crippen LogP contribution in [0.2, 0.25) is 0 Å². The first-order chi connectivity index (χ1) is 12.3. The van der Waals surface area contributed by atoms with Crippen LogP contribution in [0, 0.1) is 0 Å². The van der Waals surface area contributed by atoms with E-state index in [1.165, 1.54) is 32.1 Å². The zero-order valence-electron chi connectivity index (χ0n) is 14.6. The molecule has 1 N–H and O–H groups in total. The van der Waals surface area contributed by atoms with Crippen LogP contribution in [0.3, 0.4) is 0 Å². The number of hydrogen-bond donors (Lipinski definition) is 1. The van der Waals surface area contributed by atoms with Crippen molar-refractivity contribution in [1.29, 1.82) is 0 Å². The van der Waals surface area contributed by atoms with Gasteiger partial charge in [-0.05, 0) is 38.1 Å². The van der Waals surface area contributed by atoms with Crippen molar-refractivity contribution in [1.82, 2.24) is 20.4 Å². The van der Waals surface area contributed by atoms with Crippen LogP contribution >= 0.6 is 0 Å². The standard InChI is InChI=1S/C19H26N4O2/c24-17(11-14-23-12-7-2-1-3-8-13-23)20-15-18-21-22-19(25-18)16-9-5-4-6-10-16/h4-6,9-10H,1-3,7-8,11-15H2,(H,20,24). The van der Waals surface area contributed by atoms with Gasteiger partial charge in [-0.2, -0.15) is 0 Å². The fourth-order valence-corrected chi connectivity index (χ4v) is 3.08. The van der Waals surface area contributed by atoms with Crippen LogP contribution in [-0.4, -0.2) is 40.6 Å². The highest BCUT2D eigenvalue weighted by Crippen LogP contribution is 2.16. The molecule has 2 aromatic rings. The summed E-state index contributed by atoms with van der Waals surface area (Å²) in [5, 5.41) is 10.9. The molecule has 6 heteroatoms. The summed E-state index contributed by atoms with van der Waals surface area (Å²) in [4.78, 5) is 14.5. The summed E-state index contributed by atoms with van der Waals surface area (Å²) in [6, 6.07) is 9.61. The Balaban J connectivity index is 1.41. The molecule has 0 saturated carbocycles. The maximum atomic E-state index is 12.1. The molecule has 1 aromatic carbocycles. The van der Waals surface area contributed by atoms with Crippen LogP contribution in [0.5, 0.6) is 0 Å². The minimum Gasteiger partial charge on any atom is -0.419 e. The maximum absolute atomic E-state index is 12.1. The van der Waals surface area contributed by atoms with Gasteiger partial charge < -0.3 is 14.6 Å². The van der Waals surface area contributed by atoms with E-state index in [4.69, 9.17) is 4.42 Å². The highest BCUT2D eigenvalue weighted by molar-refractivity contribution is 5.75. The van der Waals surface area contributed by atoms with Crippen molar-refractivity contribution < 1.29 is 9.21 Å². The average Bonchev–Trinajstić information content (AvgIpc) is 3.09. The van der Waals surface area contributed by atoms with E-state index in [0.29, 0.717) is 18.2 Å². The Labute approximate surface area is 148 Å². The number of carbonyl (C=O) groups excluding carboxylic acids is 1. The summed E-state index contributed by atoms with van der Waals surface area (Å²) in [6.45, 7) is 3.32. The average molecular weight is 342 g/mol. The van der Waals surface area contributed by atoms with Crippen molar-refractivity contribution in [3.8, 4) is 11.5 Å². The normalized spacial score (nSPS) is 16.2. The van der Waals surface area contributed by atoms with E-state index in [-0.39, 0.29) is 12.5 Å². The van der Waals surface area contributed by atoms with Crippen LogP contribution in [0.25, 0.3) is 11.5 Å². The Bertz CT molecular complexity index is 648. The predicted octanol–water partition coefficient (Wildman–Crippen LogP) is 3.01. The van der Waals surface area contributed by atoms with E-state index >= 15 is 0 Å². The molecular formula is C19H26N4O2. The topological polar surface area (TPSA) is 71.3 Å². The molecule has 0 aliphatic carbocycles. The Kier molecular flexibility index (Phi) is 6.56. The molecule has 0 radical (unpaired) electrons. The molecule has 0 unspecified atom stereocenters. The number of nitrogens with one attached hydrogen (secondary N) is 1. The zero-order chi connectivity index (χ0) is 17.3. The van der Waals surface area contributed by atoms with E-state index in [9.17, 15) is 4.79 Å². The van der Waals surface area contributed by atoms with Gasteiger partial charge in [-0.3, -0.25) is 4.79 Å². The molecule has 3 rings (SSSR count). The first-order valence-corrected chi connectivity index (χ1v) is 9.18. The number of nitrogens with zero attached hydrogens (tertiary/aromatic N) is 3. The molecule has 1 fully saturated rings. The Morgan fingerprint density at radius 1 is 1.04 bits per heavy atom. The molecule has 134 valence electrons. The lowest BCUT2D eigenvalue weighted by atomic mass is 10.1. The lowest BCUT2D eigenvalue weighted by Crippen LogP contribution is -2.32. The van der Waals surface area contributed by atoms with Gasteiger partial charge in [0.25, 0.3) is 0 Å². The smallest absolute Gasteiger partial charge is 0.247 e. The van der Waals surface area contributed by atoms with Crippen molar-refractivity contribution in [3.05, 3.63) is 36.2 Å². The lowest BCUT2D eigenvalue weighted by molar-refractivity contribution is -0.121. The maximum Gasteiger partial charge on any atom is 0.247 e. The summed E-state index contributed by atoms with van der Waals surface area (Å²) < 4.78 is 5.60. The van der Waals surface area contributed by atoms with E-state index < -0.39 is 0 Å². The number of carbonyl (C=O) groups is 1. The molecule has 0 spiro atoms. The zero-order valence-corrected chi connectivity index (χ0v) is 14.6. The van der Waals surface area contributed by atoms with Gasteiger partial charge in [0.05, 0.1) is 6.54 Å². The van der Waals surface area contributed by atoms with Gasteiger partial charge in [0, 0.05) is 18.5 Å². The minimum absolute atomic E-state index is 0.0292. The fraction of sp³-hybridized carbons (Fsp3) is 0.526. The summed E-state index contributed by atoms with van der Waals surface area (Å²) in [5.74, 6) is 0.936. The monoisotopic (exact) mass is 342 g/mol. The first kappa shape index (κ1) is 17.6. The molecule has 1 amide bonds. The molecule has 1 saturated heterocycles. The quantitative estimate of drug-likeness (QED) is 0.874. The summed E-state index contributed by atoms with van der Waals surface area (Å²) in [6.07, 6.45) is 6.97. The summed E-state index contributed by atoms with van der Waals surface area (Å²) in [7, 11) is 0. The van der Waals surface area contributed by atoms with Crippen LogP contribution in [0.15, 0.2) is 34.7 Å². The first-order valence-electron chi connectivity index (χ1n) is 9.18. The number of likely N-dealkylation sites (tertiary alicyclic amines) is 1. The largest absolute Gasteiger partial charge is 0.419 e. The van der Waals surface area contributed by atoms with Crippen LogP contribution in [0.1, 0.15) is 44.4 Å². The van der Waals surface area contributed by atoms with E-state index in [1.807, 2.05) is 30.3 Å². The van der Waals surface area contributed by atoms with Crippen molar-refractivity contribution in [3.63, 3.8) is 0 Å². The van der Waals surface area contributed by atoms with Gasteiger partial charge in [-0.15, -0.1) is 10.2 Å². The van der Waals surface area contributed by atoms with E-state index in [0.717, 1.165) is 25.2 Å². The Morgan fingerprint density at radius 3 is 2.52 bits per heavy atom. The highest BCUT2D eigenvalue weighted by Gasteiger charge is 2.12. The van der Waals surface area contributed by atoms with Gasteiger partial charge in [0.2, 0.25) is 17.7 Å². The number of amides is 1. The molecular weight excluding hydrogens is 316 g/mol. The second kappa shape index (κ2) is 9.32. The summed E-state index contributed by atoms with van der Waals surface area (Å²) in [5.41, 5.74) is 0.879. The number of aromatic nitrogens is 2. The molecule has 0 atom stereocenters. The molecule has 1 aliphatic rings. The predicted molar refractivity (Wildman–Crippen MR) is 95.7 cm³/mol. The van der Waals surface area contributed by atoms with Gasteiger partial charge in [-0.25, -0.2) is 0 Å². The third kappa shape index (κ3) is 5.67. The highest BCUT2D eigenvalue weighted by atomic mass is 16.4. The van der Waals surface area contributed by atoms with Crippen molar-refractivity contribution >= 4 is 5.91 Å². The van der Waals surface area contributed by atoms with Gasteiger partial charge >= 0.3 is 0 Å². The minimum atomic E-state index is 0.0292. The number of hydrogen-bond acceptors (Lipinski definition) is 5. The van der Waals surface area contributed by atoms with Crippen molar-refractivity contribution in [2.24, 2.45) is 0 Å². The number of benzene rings is 1. The third-order valence-electron chi connectivity index (χ3n) is 4.53. The van der Waals surface area contributed by atoms with Crippen molar-refractivity contribution in [2.45, 2.75) is 45.1 Å². The lowest BCUT2D eigenvalue weighted by Gasteiger charge is -2.24. The SMILES string of the molecule is O=C(CCN1CCCCCCC1)NCc1nnc(-c2ccccc2)o1. The van der Waals surface area contributed by atoms with Gasteiger partial charge in [0.15, 0.2) is 0 Å². The Morgan fingerprint density at radius 2 is 1.76 bits per heavy atom. The molecule has 2 heterocycles. The molecule has 25 heavy (non-hydrogen) atoms. The molecule has 1 aliphatic heterocycles. The van der Waals surface area contributed by atoms with Gasteiger partial charge in [-0.1, -0.05) is 37.5 Å². The van der Waals surface area contributed by atoms with E-state index in [2.05, 4.69) is 20.4 Å². The summed E-state index contributed by atoms with van der Waals surface area (Å²) >= 11 is 0. The Hall–Kier alpha value is -2.21.